The molecule has 2 unspecified atom stereocenters. The zero-order chi connectivity index (χ0) is 16.4. The molecule has 1 aliphatic rings. The molecule has 0 radical (unpaired) electrons. The second-order valence-corrected chi connectivity index (χ2v) is 5.61. The highest BCUT2D eigenvalue weighted by Gasteiger charge is 2.40. The molecule has 1 aliphatic heterocycles. The molecular weight excluding hydrogens is 288 g/mol. The van der Waals surface area contributed by atoms with Gasteiger partial charge < -0.3 is 15.3 Å². The van der Waals surface area contributed by atoms with E-state index in [4.69, 9.17) is 5.11 Å². The lowest BCUT2D eigenvalue weighted by Gasteiger charge is -2.38. The first-order valence-electron chi connectivity index (χ1n) is 7.08. The Morgan fingerprint density at radius 1 is 1.45 bits per heavy atom. The minimum absolute atomic E-state index is 0.0378. The third-order valence-corrected chi connectivity index (χ3v) is 3.99. The normalized spacial score (nSPS) is 23.2. The molecule has 2 amide bonds. The highest BCUT2D eigenvalue weighted by molar-refractivity contribution is 5.87. The fraction of sp³-hybridized carbons (Fsp3) is 0.571. The SMILES string of the molecule is C[C@H](NC(=O)C1CCC(=O)N(C)C1c1cnn(C)c1)C(=O)O. The number of carboxylic acid groups (broad SMARTS) is 1. The number of nitrogens with zero attached hydrogens (tertiary/aromatic N) is 3. The van der Waals surface area contributed by atoms with Crippen LogP contribution in [0.2, 0.25) is 0 Å². The van der Waals surface area contributed by atoms with E-state index < -0.39 is 24.0 Å². The molecule has 0 aromatic carbocycles. The van der Waals surface area contributed by atoms with Gasteiger partial charge in [0, 0.05) is 32.3 Å². The minimum atomic E-state index is -1.09. The molecule has 1 saturated heterocycles. The van der Waals surface area contributed by atoms with Gasteiger partial charge in [-0.15, -0.1) is 0 Å². The summed E-state index contributed by atoms with van der Waals surface area (Å²) in [4.78, 5) is 36.8. The Morgan fingerprint density at radius 3 is 2.68 bits per heavy atom. The molecule has 2 rings (SSSR count). The lowest BCUT2D eigenvalue weighted by molar-refractivity contribution is -0.146. The standard InChI is InChI=1S/C14H20N4O4/c1-8(14(21)22)16-13(20)10-4-5-11(19)18(3)12(10)9-6-15-17(2)7-9/h6-8,10,12H,4-5H2,1-3H3,(H,16,20)(H,21,22)/t8-,10?,12?/m0/s1. The van der Waals surface area contributed by atoms with Crippen LogP contribution in [0.1, 0.15) is 31.4 Å². The summed E-state index contributed by atoms with van der Waals surface area (Å²) in [6.45, 7) is 1.41. The van der Waals surface area contributed by atoms with Crippen molar-refractivity contribution in [3.05, 3.63) is 18.0 Å². The van der Waals surface area contributed by atoms with E-state index in [1.165, 1.54) is 11.8 Å². The van der Waals surface area contributed by atoms with Crippen LogP contribution < -0.4 is 5.32 Å². The highest BCUT2D eigenvalue weighted by Crippen LogP contribution is 2.35. The van der Waals surface area contributed by atoms with Gasteiger partial charge in [0.2, 0.25) is 11.8 Å². The molecule has 8 heteroatoms. The van der Waals surface area contributed by atoms with Gasteiger partial charge in [-0.2, -0.15) is 5.10 Å². The van der Waals surface area contributed by atoms with E-state index >= 15 is 0 Å². The summed E-state index contributed by atoms with van der Waals surface area (Å²) in [5.74, 6) is -1.98. The lowest BCUT2D eigenvalue weighted by atomic mass is 9.85. The van der Waals surface area contributed by atoms with E-state index in [-0.39, 0.29) is 18.2 Å². The van der Waals surface area contributed by atoms with Crippen molar-refractivity contribution < 1.29 is 19.5 Å². The molecule has 1 aromatic heterocycles. The number of hydrogen-bond acceptors (Lipinski definition) is 4. The molecule has 0 saturated carbocycles. The fourth-order valence-corrected chi connectivity index (χ4v) is 2.74. The summed E-state index contributed by atoms with van der Waals surface area (Å²) in [5.41, 5.74) is 0.765. The Morgan fingerprint density at radius 2 is 2.14 bits per heavy atom. The number of nitrogens with one attached hydrogen (secondary N) is 1. The van der Waals surface area contributed by atoms with Crippen molar-refractivity contribution in [1.29, 1.82) is 0 Å². The van der Waals surface area contributed by atoms with Crippen LogP contribution in [0.5, 0.6) is 0 Å². The topological polar surface area (TPSA) is 105 Å². The van der Waals surface area contributed by atoms with Gasteiger partial charge in [-0.3, -0.25) is 19.1 Å². The predicted molar refractivity (Wildman–Crippen MR) is 76.7 cm³/mol. The molecule has 2 N–H and O–H groups in total. The maximum Gasteiger partial charge on any atom is 0.325 e. The van der Waals surface area contributed by atoms with Crippen molar-refractivity contribution in [2.24, 2.45) is 13.0 Å². The van der Waals surface area contributed by atoms with Crippen molar-refractivity contribution in [2.45, 2.75) is 31.8 Å². The van der Waals surface area contributed by atoms with Crippen molar-refractivity contribution in [3.8, 4) is 0 Å². The first-order valence-corrected chi connectivity index (χ1v) is 7.08. The van der Waals surface area contributed by atoms with Crippen molar-refractivity contribution in [3.63, 3.8) is 0 Å². The summed E-state index contributed by atoms with van der Waals surface area (Å²) in [6.07, 6.45) is 4.05. The Bertz CT molecular complexity index is 597. The minimum Gasteiger partial charge on any atom is -0.480 e. The largest absolute Gasteiger partial charge is 0.480 e. The first-order chi connectivity index (χ1) is 10.3. The average Bonchev–Trinajstić information content (AvgIpc) is 2.87. The molecule has 8 nitrogen and oxygen atoms in total. The summed E-state index contributed by atoms with van der Waals surface area (Å²) >= 11 is 0. The lowest BCUT2D eigenvalue weighted by Crippen LogP contribution is -2.49. The van der Waals surface area contributed by atoms with Crippen molar-refractivity contribution >= 4 is 17.8 Å². The van der Waals surface area contributed by atoms with Gasteiger partial charge in [-0.1, -0.05) is 0 Å². The maximum absolute atomic E-state index is 12.4. The van der Waals surface area contributed by atoms with E-state index in [0.717, 1.165) is 5.56 Å². The zero-order valence-corrected chi connectivity index (χ0v) is 12.8. The van der Waals surface area contributed by atoms with E-state index in [1.54, 1.807) is 31.2 Å². The summed E-state index contributed by atoms with van der Waals surface area (Å²) < 4.78 is 1.61. The number of likely N-dealkylation sites (tertiary alicyclic amines) is 1. The van der Waals surface area contributed by atoms with Gasteiger partial charge in [0.05, 0.1) is 18.2 Å². The number of rotatable bonds is 4. The molecule has 1 aromatic rings. The molecular formula is C14H20N4O4. The van der Waals surface area contributed by atoms with E-state index in [1.807, 2.05) is 0 Å². The van der Waals surface area contributed by atoms with Crippen LogP contribution >= 0.6 is 0 Å². The first kappa shape index (κ1) is 16.0. The van der Waals surface area contributed by atoms with Crippen LogP contribution in [0.15, 0.2) is 12.4 Å². The number of carboxylic acids is 1. The van der Waals surface area contributed by atoms with E-state index in [0.29, 0.717) is 6.42 Å². The molecule has 0 spiro atoms. The highest BCUT2D eigenvalue weighted by atomic mass is 16.4. The van der Waals surface area contributed by atoms with Gasteiger partial charge in [0.25, 0.3) is 0 Å². The smallest absolute Gasteiger partial charge is 0.325 e. The summed E-state index contributed by atoms with van der Waals surface area (Å²) in [6, 6.07) is -1.40. The quantitative estimate of drug-likeness (QED) is 0.809. The molecule has 2 heterocycles. The molecule has 0 aliphatic carbocycles. The number of aliphatic carboxylic acids is 1. The Balaban J connectivity index is 2.25. The number of hydrogen-bond donors (Lipinski definition) is 2. The molecule has 120 valence electrons. The van der Waals surface area contributed by atoms with Crippen molar-refractivity contribution in [2.75, 3.05) is 7.05 Å². The summed E-state index contributed by atoms with van der Waals surface area (Å²) in [7, 11) is 3.41. The van der Waals surface area contributed by atoms with Gasteiger partial charge in [-0.05, 0) is 13.3 Å². The van der Waals surface area contributed by atoms with E-state index in [9.17, 15) is 14.4 Å². The average molecular weight is 308 g/mol. The van der Waals surface area contributed by atoms with Crippen LogP contribution in [0.25, 0.3) is 0 Å². The van der Waals surface area contributed by atoms with Gasteiger partial charge in [0.1, 0.15) is 6.04 Å². The van der Waals surface area contributed by atoms with Crippen LogP contribution in [-0.4, -0.2) is 50.7 Å². The van der Waals surface area contributed by atoms with Crippen LogP contribution in [-0.2, 0) is 21.4 Å². The second kappa shape index (κ2) is 6.17. The Hall–Kier alpha value is -2.38. The van der Waals surface area contributed by atoms with Crippen LogP contribution in [0, 0.1) is 5.92 Å². The van der Waals surface area contributed by atoms with Crippen LogP contribution in [0.4, 0.5) is 0 Å². The number of aromatic nitrogens is 2. The fourth-order valence-electron chi connectivity index (χ4n) is 2.74. The third-order valence-electron chi connectivity index (χ3n) is 3.99. The number of carbonyl (C=O) groups excluding carboxylic acids is 2. The second-order valence-electron chi connectivity index (χ2n) is 5.61. The zero-order valence-electron chi connectivity index (χ0n) is 12.8. The number of amides is 2. The molecule has 22 heavy (non-hydrogen) atoms. The van der Waals surface area contributed by atoms with Gasteiger partial charge >= 0.3 is 5.97 Å². The van der Waals surface area contributed by atoms with Gasteiger partial charge in [-0.25, -0.2) is 0 Å². The van der Waals surface area contributed by atoms with Crippen LogP contribution in [0.3, 0.4) is 0 Å². The van der Waals surface area contributed by atoms with E-state index in [2.05, 4.69) is 10.4 Å². The Kier molecular flexibility index (Phi) is 4.48. The number of aryl methyl sites for hydroxylation is 1. The molecule has 3 atom stereocenters. The Labute approximate surface area is 128 Å². The number of carbonyl (C=O) groups is 3. The van der Waals surface area contributed by atoms with Gasteiger partial charge in [0.15, 0.2) is 0 Å². The molecule has 1 fully saturated rings. The monoisotopic (exact) mass is 308 g/mol. The van der Waals surface area contributed by atoms with Crippen molar-refractivity contribution in [1.82, 2.24) is 20.0 Å². The maximum atomic E-state index is 12.4. The number of piperidine rings is 1. The predicted octanol–water partition coefficient (Wildman–Crippen LogP) is -0.0811. The molecule has 0 bridgehead atoms. The third kappa shape index (κ3) is 3.10. The summed E-state index contributed by atoms with van der Waals surface area (Å²) in [5, 5.41) is 15.5.